The molecule has 0 unspecified atom stereocenters. The number of amides is 2. The van der Waals surface area contributed by atoms with Crippen molar-refractivity contribution in [3.63, 3.8) is 0 Å². The lowest BCUT2D eigenvalue weighted by Gasteiger charge is -2.30. The number of hydrogen-bond donors (Lipinski definition) is 1. The highest BCUT2D eigenvalue weighted by atomic mass is 19.4. The summed E-state index contributed by atoms with van der Waals surface area (Å²) in [4.78, 5) is 30.9. The first-order chi connectivity index (χ1) is 13.8. The molecule has 0 aromatic carbocycles. The summed E-state index contributed by atoms with van der Waals surface area (Å²) in [7, 11) is 0. The Morgan fingerprint density at radius 3 is 2.66 bits per heavy atom. The Kier molecular flexibility index (Phi) is 6.97. The zero-order valence-electron chi connectivity index (χ0n) is 16.2. The molecular formula is C20H26F3N3O3. The van der Waals surface area contributed by atoms with Crippen LogP contribution in [0.4, 0.5) is 13.2 Å². The number of nitrogens with one attached hydrogen (secondary N) is 1. The molecule has 29 heavy (non-hydrogen) atoms. The van der Waals surface area contributed by atoms with E-state index in [1.54, 1.807) is 11.0 Å². The van der Waals surface area contributed by atoms with Crippen molar-refractivity contribution in [3.05, 3.63) is 23.9 Å². The third-order valence-electron chi connectivity index (χ3n) is 5.44. The van der Waals surface area contributed by atoms with Crippen molar-refractivity contribution >= 4 is 11.8 Å². The van der Waals surface area contributed by atoms with E-state index in [1.807, 2.05) is 0 Å². The summed E-state index contributed by atoms with van der Waals surface area (Å²) >= 11 is 0. The Morgan fingerprint density at radius 1 is 1.17 bits per heavy atom. The topological polar surface area (TPSA) is 71.5 Å². The van der Waals surface area contributed by atoms with Crippen molar-refractivity contribution < 1.29 is 27.5 Å². The molecule has 1 atom stereocenters. The lowest BCUT2D eigenvalue weighted by Crippen LogP contribution is -2.47. The van der Waals surface area contributed by atoms with Gasteiger partial charge in [0.15, 0.2) is 6.61 Å². The first-order valence-electron chi connectivity index (χ1n) is 10.1. The number of hydrogen-bond acceptors (Lipinski definition) is 4. The second kappa shape index (κ2) is 9.45. The number of ether oxygens (including phenoxy) is 1. The number of halogens is 3. The molecule has 1 N–H and O–H groups in total. The average molecular weight is 413 g/mol. The fourth-order valence-corrected chi connectivity index (χ4v) is 3.99. The van der Waals surface area contributed by atoms with Crippen molar-refractivity contribution in [3.8, 4) is 5.88 Å². The Morgan fingerprint density at radius 2 is 1.93 bits per heavy atom. The van der Waals surface area contributed by atoms with Gasteiger partial charge in [-0.15, -0.1) is 0 Å². The number of alkyl halides is 3. The van der Waals surface area contributed by atoms with Crippen LogP contribution in [-0.4, -0.2) is 47.1 Å². The maximum Gasteiger partial charge on any atom is 0.422 e. The van der Waals surface area contributed by atoms with Gasteiger partial charge in [0.1, 0.15) is 6.04 Å². The van der Waals surface area contributed by atoms with Gasteiger partial charge in [0.25, 0.3) is 0 Å². The van der Waals surface area contributed by atoms with E-state index in [1.165, 1.54) is 12.3 Å². The normalized spacial score (nSPS) is 20.5. The predicted molar refractivity (Wildman–Crippen MR) is 98.9 cm³/mol. The van der Waals surface area contributed by atoms with Crippen LogP contribution in [0.25, 0.3) is 0 Å². The molecule has 160 valence electrons. The van der Waals surface area contributed by atoms with Crippen LogP contribution in [0.5, 0.6) is 5.88 Å². The molecule has 2 aliphatic rings. The van der Waals surface area contributed by atoms with Gasteiger partial charge in [-0.25, -0.2) is 4.98 Å². The average Bonchev–Trinajstić information content (AvgIpc) is 3.20. The second-order valence-corrected chi connectivity index (χ2v) is 7.65. The quantitative estimate of drug-likeness (QED) is 0.778. The van der Waals surface area contributed by atoms with E-state index in [9.17, 15) is 22.8 Å². The maximum atomic E-state index is 12.8. The zero-order chi connectivity index (χ0) is 20.9. The smallest absolute Gasteiger partial charge is 0.422 e. The molecule has 6 nitrogen and oxygen atoms in total. The van der Waals surface area contributed by atoms with E-state index in [-0.39, 0.29) is 30.2 Å². The molecule has 3 rings (SSSR count). The van der Waals surface area contributed by atoms with Crippen molar-refractivity contribution in [2.24, 2.45) is 5.92 Å². The summed E-state index contributed by atoms with van der Waals surface area (Å²) < 4.78 is 41.4. The minimum Gasteiger partial charge on any atom is -0.468 e. The molecule has 1 aliphatic carbocycles. The van der Waals surface area contributed by atoms with Crippen LogP contribution >= 0.6 is 0 Å². The van der Waals surface area contributed by atoms with Gasteiger partial charge < -0.3 is 15.0 Å². The number of rotatable bonds is 6. The second-order valence-electron chi connectivity index (χ2n) is 7.65. The predicted octanol–water partition coefficient (Wildman–Crippen LogP) is 3.21. The Hall–Kier alpha value is -2.32. The highest BCUT2D eigenvalue weighted by molar-refractivity contribution is 5.89. The summed E-state index contributed by atoms with van der Waals surface area (Å²) in [6, 6.07) is 2.48. The largest absolute Gasteiger partial charge is 0.468 e. The molecule has 0 bridgehead atoms. The molecule has 2 amide bonds. The summed E-state index contributed by atoms with van der Waals surface area (Å²) in [5, 5.41) is 2.79. The van der Waals surface area contributed by atoms with Crippen molar-refractivity contribution in [1.82, 2.24) is 15.2 Å². The molecule has 1 saturated carbocycles. The van der Waals surface area contributed by atoms with Crippen LogP contribution < -0.4 is 10.1 Å². The van der Waals surface area contributed by atoms with Crippen molar-refractivity contribution in [2.75, 3.05) is 13.2 Å². The molecule has 1 aromatic rings. The van der Waals surface area contributed by atoms with E-state index >= 15 is 0 Å². The van der Waals surface area contributed by atoms with E-state index < -0.39 is 18.8 Å². The van der Waals surface area contributed by atoms with Crippen LogP contribution in [-0.2, 0) is 16.1 Å². The van der Waals surface area contributed by atoms with Crippen LogP contribution in [0.2, 0.25) is 0 Å². The third kappa shape index (κ3) is 6.08. The number of aromatic nitrogens is 1. The number of nitrogens with zero attached hydrogens (tertiary/aromatic N) is 2. The molecule has 2 fully saturated rings. The highest BCUT2D eigenvalue weighted by Gasteiger charge is 2.37. The van der Waals surface area contributed by atoms with Gasteiger partial charge in [0.05, 0.1) is 0 Å². The van der Waals surface area contributed by atoms with E-state index in [2.05, 4.69) is 15.0 Å². The van der Waals surface area contributed by atoms with E-state index in [0.29, 0.717) is 18.5 Å². The van der Waals surface area contributed by atoms with Crippen LogP contribution in [0.15, 0.2) is 18.3 Å². The highest BCUT2D eigenvalue weighted by Crippen LogP contribution is 2.29. The number of pyridine rings is 1. The third-order valence-corrected chi connectivity index (χ3v) is 5.44. The number of carbonyl (C=O) groups is 2. The first kappa shape index (κ1) is 21.4. The molecular weight excluding hydrogens is 387 g/mol. The zero-order valence-corrected chi connectivity index (χ0v) is 16.2. The van der Waals surface area contributed by atoms with Gasteiger partial charge in [-0.2, -0.15) is 13.2 Å². The van der Waals surface area contributed by atoms with Crippen molar-refractivity contribution in [2.45, 2.75) is 63.7 Å². The summed E-state index contributed by atoms with van der Waals surface area (Å²) in [6.45, 7) is -0.695. The van der Waals surface area contributed by atoms with Gasteiger partial charge in [0, 0.05) is 31.3 Å². The lowest BCUT2D eigenvalue weighted by molar-refractivity contribution is -0.154. The molecule has 2 heterocycles. The number of carbonyl (C=O) groups excluding carboxylic acids is 2. The van der Waals surface area contributed by atoms with Gasteiger partial charge in [-0.3, -0.25) is 9.59 Å². The Balaban J connectivity index is 1.53. The lowest BCUT2D eigenvalue weighted by atomic mass is 9.88. The maximum absolute atomic E-state index is 12.8. The number of likely N-dealkylation sites (tertiary alicyclic amines) is 1. The van der Waals surface area contributed by atoms with E-state index in [4.69, 9.17) is 0 Å². The van der Waals surface area contributed by atoms with Gasteiger partial charge in [0.2, 0.25) is 17.7 Å². The molecule has 1 aromatic heterocycles. The van der Waals surface area contributed by atoms with Gasteiger partial charge in [-0.1, -0.05) is 19.3 Å². The Bertz CT molecular complexity index is 720. The van der Waals surface area contributed by atoms with Crippen LogP contribution in [0.3, 0.4) is 0 Å². The van der Waals surface area contributed by atoms with Gasteiger partial charge in [-0.05, 0) is 37.3 Å². The molecule has 0 radical (unpaired) electrons. The monoisotopic (exact) mass is 413 g/mol. The summed E-state index contributed by atoms with van der Waals surface area (Å²) in [5.41, 5.74) is 0.577. The molecule has 1 saturated heterocycles. The molecule has 9 heteroatoms. The molecule has 0 spiro atoms. The first-order valence-corrected chi connectivity index (χ1v) is 10.1. The summed E-state index contributed by atoms with van der Waals surface area (Å²) in [6.07, 6.45) is 3.37. The summed E-state index contributed by atoms with van der Waals surface area (Å²) in [5.74, 6) is -0.287. The Labute approximate surface area is 167 Å². The SMILES string of the molecule is O=C(NCc1ccnc(OCC(F)(F)F)c1)[C@@H]1CCCN1C(=O)C1CCCCC1. The standard InChI is InChI=1S/C20H26F3N3O3/c21-20(22,23)13-29-17-11-14(8-9-24-17)12-25-18(27)16-7-4-10-26(16)19(28)15-5-2-1-3-6-15/h8-9,11,15-16H,1-7,10,12-13H2,(H,25,27)/t16-/m0/s1. The fraction of sp³-hybridized carbons (Fsp3) is 0.650. The van der Waals surface area contributed by atoms with Gasteiger partial charge >= 0.3 is 6.18 Å². The van der Waals surface area contributed by atoms with E-state index in [0.717, 1.165) is 38.5 Å². The van der Waals surface area contributed by atoms with Crippen LogP contribution in [0.1, 0.15) is 50.5 Å². The molecule has 1 aliphatic heterocycles. The fourth-order valence-electron chi connectivity index (χ4n) is 3.99. The minimum atomic E-state index is -4.44. The van der Waals surface area contributed by atoms with Crippen molar-refractivity contribution in [1.29, 1.82) is 0 Å². The van der Waals surface area contributed by atoms with Crippen LogP contribution in [0, 0.1) is 5.92 Å². The minimum absolute atomic E-state index is 0.0192.